The standard InChI is InChI=1S/C22H24N6O2.HI/c1-29-18-9-7-17(8-10-18)15-24-22(23-12-11-19-5-4-14-30-19)25-16-21-27-26-20-6-2-3-13-28(20)21;/h2-10,13-14H,11-12,15-16H2,1H3,(H2,23,24,25);1H. The van der Waals surface area contributed by atoms with Crippen molar-refractivity contribution in [3.8, 4) is 5.75 Å². The van der Waals surface area contributed by atoms with Crippen LogP contribution < -0.4 is 15.4 Å². The molecule has 31 heavy (non-hydrogen) atoms. The zero-order valence-electron chi connectivity index (χ0n) is 17.2. The third-order valence-electron chi connectivity index (χ3n) is 4.62. The number of methoxy groups -OCH3 is 1. The van der Waals surface area contributed by atoms with Gasteiger partial charge in [0, 0.05) is 19.2 Å². The van der Waals surface area contributed by atoms with Crippen molar-refractivity contribution in [1.29, 1.82) is 0 Å². The number of rotatable bonds is 8. The fourth-order valence-corrected chi connectivity index (χ4v) is 3.01. The lowest BCUT2D eigenvalue weighted by atomic mass is 10.2. The molecule has 2 N–H and O–H groups in total. The van der Waals surface area contributed by atoms with Gasteiger partial charge in [0.05, 0.1) is 26.5 Å². The number of furan rings is 1. The molecule has 0 aliphatic rings. The van der Waals surface area contributed by atoms with E-state index in [0.29, 0.717) is 25.6 Å². The molecule has 0 spiro atoms. The van der Waals surface area contributed by atoms with Gasteiger partial charge in [-0.25, -0.2) is 4.99 Å². The molecule has 4 aromatic rings. The molecule has 3 heterocycles. The first-order chi connectivity index (χ1) is 14.8. The average Bonchev–Trinajstić information content (AvgIpc) is 3.45. The second-order valence-electron chi connectivity index (χ2n) is 6.67. The molecule has 0 bridgehead atoms. The molecular formula is C22H25IN6O2. The number of halogens is 1. The van der Waals surface area contributed by atoms with E-state index in [0.717, 1.165) is 35.0 Å². The highest BCUT2D eigenvalue weighted by Gasteiger charge is 2.06. The lowest BCUT2D eigenvalue weighted by Crippen LogP contribution is -2.38. The van der Waals surface area contributed by atoms with Crippen LogP contribution >= 0.6 is 24.0 Å². The van der Waals surface area contributed by atoms with Gasteiger partial charge >= 0.3 is 0 Å². The molecule has 0 atom stereocenters. The minimum absolute atomic E-state index is 0. The molecule has 9 heteroatoms. The summed E-state index contributed by atoms with van der Waals surface area (Å²) >= 11 is 0. The van der Waals surface area contributed by atoms with Crippen molar-refractivity contribution in [2.24, 2.45) is 4.99 Å². The number of hydrogen-bond acceptors (Lipinski definition) is 5. The Labute approximate surface area is 197 Å². The molecule has 0 saturated heterocycles. The number of aromatic nitrogens is 3. The normalized spacial score (nSPS) is 11.2. The summed E-state index contributed by atoms with van der Waals surface area (Å²) in [6, 6.07) is 17.6. The molecular weight excluding hydrogens is 507 g/mol. The van der Waals surface area contributed by atoms with E-state index in [2.05, 4.69) is 20.8 Å². The SMILES string of the molecule is COc1ccc(CN=C(NCCc2ccco2)NCc2nnc3ccccn23)cc1.I. The zero-order valence-corrected chi connectivity index (χ0v) is 19.5. The number of hydrogen-bond donors (Lipinski definition) is 2. The van der Waals surface area contributed by atoms with Gasteiger partial charge in [-0.15, -0.1) is 34.2 Å². The van der Waals surface area contributed by atoms with Crippen LogP contribution in [0, 0.1) is 0 Å². The molecule has 0 radical (unpaired) electrons. The maximum absolute atomic E-state index is 5.40. The highest BCUT2D eigenvalue weighted by atomic mass is 127. The van der Waals surface area contributed by atoms with Gasteiger partial charge in [-0.1, -0.05) is 18.2 Å². The van der Waals surface area contributed by atoms with Crippen LogP contribution in [-0.4, -0.2) is 34.2 Å². The molecule has 0 unspecified atom stereocenters. The molecule has 1 aromatic carbocycles. The van der Waals surface area contributed by atoms with Crippen molar-refractivity contribution >= 4 is 35.6 Å². The third-order valence-corrected chi connectivity index (χ3v) is 4.62. The monoisotopic (exact) mass is 532 g/mol. The topological polar surface area (TPSA) is 89.0 Å². The van der Waals surface area contributed by atoms with E-state index in [1.165, 1.54) is 0 Å². The first kappa shape index (κ1) is 22.6. The Kier molecular flexibility index (Phi) is 8.27. The first-order valence-corrected chi connectivity index (χ1v) is 9.78. The fourth-order valence-electron chi connectivity index (χ4n) is 3.01. The highest BCUT2D eigenvalue weighted by molar-refractivity contribution is 14.0. The van der Waals surface area contributed by atoms with Gasteiger partial charge in [-0.3, -0.25) is 4.40 Å². The fraction of sp³-hybridized carbons (Fsp3) is 0.227. The summed E-state index contributed by atoms with van der Waals surface area (Å²) in [5, 5.41) is 15.2. The molecule has 0 saturated carbocycles. The Morgan fingerprint density at radius 1 is 1.06 bits per heavy atom. The summed E-state index contributed by atoms with van der Waals surface area (Å²) in [6.45, 7) is 1.74. The predicted octanol–water partition coefficient (Wildman–Crippen LogP) is 3.43. The second-order valence-corrected chi connectivity index (χ2v) is 6.67. The molecule has 0 aliphatic carbocycles. The van der Waals surface area contributed by atoms with Crippen LogP contribution in [0.2, 0.25) is 0 Å². The minimum Gasteiger partial charge on any atom is -0.497 e. The lowest BCUT2D eigenvalue weighted by molar-refractivity contribution is 0.414. The predicted molar refractivity (Wildman–Crippen MR) is 130 cm³/mol. The number of nitrogens with zero attached hydrogens (tertiary/aromatic N) is 4. The Morgan fingerprint density at radius 2 is 1.94 bits per heavy atom. The van der Waals surface area contributed by atoms with E-state index in [1.54, 1.807) is 13.4 Å². The van der Waals surface area contributed by atoms with E-state index in [1.807, 2.05) is 65.2 Å². The van der Waals surface area contributed by atoms with Crippen LogP contribution in [0.3, 0.4) is 0 Å². The van der Waals surface area contributed by atoms with Gasteiger partial charge in [0.15, 0.2) is 17.4 Å². The average molecular weight is 532 g/mol. The number of nitrogens with one attached hydrogen (secondary N) is 2. The first-order valence-electron chi connectivity index (χ1n) is 9.78. The summed E-state index contributed by atoms with van der Waals surface area (Å²) in [6.07, 6.45) is 4.40. The van der Waals surface area contributed by atoms with E-state index in [9.17, 15) is 0 Å². The zero-order chi connectivity index (χ0) is 20.6. The third kappa shape index (κ3) is 6.20. The molecule has 162 valence electrons. The summed E-state index contributed by atoms with van der Waals surface area (Å²) < 4.78 is 12.6. The smallest absolute Gasteiger partial charge is 0.191 e. The van der Waals surface area contributed by atoms with Gasteiger partial charge in [0.2, 0.25) is 0 Å². The maximum atomic E-state index is 5.40. The number of aliphatic imine (C=N–C) groups is 1. The van der Waals surface area contributed by atoms with Crippen molar-refractivity contribution in [2.45, 2.75) is 19.5 Å². The van der Waals surface area contributed by atoms with E-state index in [4.69, 9.17) is 14.1 Å². The molecule has 0 fully saturated rings. The number of benzene rings is 1. The Morgan fingerprint density at radius 3 is 2.71 bits per heavy atom. The van der Waals surface area contributed by atoms with Crippen LogP contribution in [0.1, 0.15) is 17.1 Å². The van der Waals surface area contributed by atoms with Crippen LogP contribution in [-0.2, 0) is 19.5 Å². The summed E-state index contributed by atoms with van der Waals surface area (Å²) in [7, 11) is 1.66. The minimum atomic E-state index is 0. The van der Waals surface area contributed by atoms with Crippen molar-refractivity contribution in [3.63, 3.8) is 0 Å². The molecule has 4 rings (SSSR count). The lowest BCUT2D eigenvalue weighted by Gasteiger charge is -2.12. The Hall–Kier alpha value is -3.08. The van der Waals surface area contributed by atoms with E-state index < -0.39 is 0 Å². The number of fused-ring (bicyclic) bond motifs is 1. The Balaban J connectivity index is 0.00000272. The van der Waals surface area contributed by atoms with Gasteiger partial charge in [-0.05, 0) is 42.0 Å². The summed E-state index contributed by atoms with van der Waals surface area (Å²) in [4.78, 5) is 4.71. The van der Waals surface area contributed by atoms with Crippen LogP contribution in [0.15, 0.2) is 76.5 Å². The largest absolute Gasteiger partial charge is 0.497 e. The quantitative estimate of drug-likeness (QED) is 0.206. The van der Waals surface area contributed by atoms with Crippen LogP contribution in [0.25, 0.3) is 5.65 Å². The highest BCUT2D eigenvalue weighted by Crippen LogP contribution is 2.12. The van der Waals surface area contributed by atoms with E-state index >= 15 is 0 Å². The van der Waals surface area contributed by atoms with Gasteiger partial charge < -0.3 is 19.8 Å². The van der Waals surface area contributed by atoms with Crippen molar-refractivity contribution in [1.82, 2.24) is 25.2 Å². The van der Waals surface area contributed by atoms with Crippen LogP contribution in [0.5, 0.6) is 5.75 Å². The molecule has 3 aromatic heterocycles. The summed E-state index contributed by atoms with van der Waals surface area (Å²) in [5.41, 5.74) is 1.91. The molecule has 0 aliphatic heterocycles. The van der Waals surface area contributed by atoms with Gasteiger partial charge in [-0.2, -0.15) is 0 Å². The summed E-state index contributed by atoms with van der Waals surface area (Å²) in [5.74, 6) is 3.28. The molecule has 8 nitrogen and oxygen atoms in total. The van der Waals surface area contributed by atoms with E-state index in [-0.39, 0.29) is 24.0 Å². The Bertz CT molecular complexity index is 1090. The maximum Gasteiger partial charge on any atom is 0.191 e. The number of ether oxygens (including phenoxy) is 1. The van der Waals surface area contributed by atoms with Crippen molar-refractivity contribution < 1.29 is 9.15 Å². The van der Waals surface area contributed by atoms with Gasteiger partial charge in [0.1, 0.15) is 11.5 Å². The number of guanidine groups is 1. The number of pyridine rings is 1. The van der Waals surface area contributed by atoms with Crippen molar-refractivity contribution in [2.75, 3.05) is 13.7 Å². The molecule has 0 amide bonds. The van der Waals surface area contributed by atoms with Crippen LogP contribution in [0.4, 0.5) is 0 Å². The second kappa shape index (κ2) is 11.3. The van der Waals surface area contributed by atoms with Gasteiger partial charge in [0.25, 0.3) is 0 Å². The van der Waals surface area contributed by atoms with Crippen molar-refractivity contribution in [3.05, 3.63) is 84.2 Å².